The van der Waals surface area contributed by atoms with Gasteiger partial charge < -0.3 is 9.47 Å². The number of ether oxygens (including phenoxy) is 2. The average molecular weight is 340 g/mol. The summed E-state index contributed by atoms with van der Waals surface area (Å²) in [6.07, 6.45) is -0.819. The van der Waals surface area contributed by atoms with Gasteiger partial charge in [-0.25, -0.2) is 4.79 Å². The van der Waals surface area contributed by atoms with Gasteiger partial charge in [0.1, 0.15) is 12.4 Å². The van der Waals surface area contributed by atoms with Crippen molar-refractivity contribution in [2.45, 2.75) is 20.5 Å². The summed E-state index contributed by atoms with van der Waals surface area (Å²) in [6, 6.07) is 6.76. The van der Waals surface area contributed by atoms with Gasteiger partial charge in [-0.05, 0) is 31.5 Å². The van der Waals surface area contributed by atoms with Crippen molar-refractivity contribution >= 4 is 29.4 Å². The van der Waals surface area contributed by atoms with Gasteiger partial charge in [0.2, 0.25) is 0 Å². The van der Waals surface area contributed by atoms with E-state index in [1.165, 1.54) is 6.92 Å². The molecule has 23 heavy (non-hydrogen) atoms. The van der Waals surface area contributed by atoms with Crippen LogP contribution in [0.4, 0.5) is 4.79 Å². The molecule has 0 aromatic heterocycles. The first-order chi connectivity index (χ1) is 10.8. The smallest absolute Gasteiger partial charge is 0.411 e. The lowest BCUT2D eigenvalue weighted by atomic mass is 10.0. The average Bonchev–Trinajstić information content (AvgIpc) is 2.46. The SMILES string of the molecule is C=C(NC(=O)OCc1ccc(Cl)cc1)C(C(C)=O)C(=O)OCC. The maximum Gasteiger partial charge on any atom is 0.411 e. The molecule has 0 aliphatic carbocycles. The Labute approximate surface area is 139 Å². The van der Waals surface area contributed by atoms with E-state index >= 15 is 0 Å². The summed E-state index contributed by atoms with van der Waals surface area (Å²) in [7, 11) is 0. The second kappa shape index (κ2) is 8.95. The third kappa shape index (κ3) is 6.12. The van der Waals surface area contributed by atoms with Gasteiger partial charge in [0.05, 0.1) is 6.61 Å². The zero-order valence-corrected chi connectivity index (χ0v) is 13.7. The van der Waals surface area contributed by atoms with Gasteiger partial charge in [-0.2, -0.15) is 0 Å². The summed E-state index contributed by atoms with van der Waals surface area (Å²) < 4.78 is 9.77. The van der Waals surface area contributed by atoms with Crippen LogP contribution in [0.2, 0.25) is 5.02 Å². The van der Waals surface area contributed by atoms with Crippen LogP contribution in [0.25, 0.3) is 0 Å². The van der Waals surface area contributed by atoms with Crippen LogP contribution in [0.15, 0.2) is 36.5 Å². The third-order valence-corrected chi connectivity index (χ3v) is 3.08. The van der Waals surface area contributed by atoms with Gasteiger partial charge in [0.15, 0.2) is 5.92 Å². The summed E-state index contributed by atoms with van der Waals surface area (Å²) in [4.78, 5) is 35.0. The number of hydrogen-bond acceptors (Lipinski definition) is 5. The van der Waals surface area contributed by atoms with Crippen molar-refractivity contribution in [2.75, 3.05) is 6.61 Å². The van der Waals surface area contributed by atoms with Crippen LogP contribution in [0, 0.1) is 5.92 Å². The van der Waals surface area contributed by atoms with Crippen LogP contribution in [0.1, 0.15) is 19.4 Å². The van der Waals surface area contributed by atoms with E-state index in [4.69, 9.17) is 21.1 Å². The standard InChI is InChI=1S/C16H18ClNO5/c1-4-22-15(20)14(11(3)19)10(2)18-16(21)23-9-12-5-7-13(17)8-6-12/h5-8,14H,2,4,9H2,1,3H3,(H,18,21). The molecule has 0 fully saturated rings. The van der Waals surface area contributed by atoms with Crippen LogP contribution in [-0.4, -0.2) is 24.5 Å². The zero-order chi connectivity index (χ0) is 17.4. The Bertz CT molecular complexity index is 597. The molecule has 0 heterocycles. The number of halogens is 1. The van der Waals surface area contributed by atoms with Crippen LogP contribution in [0.5, 0.6) is 0 Å². The van der Waals surface area contributed by atoms with Gasteiger partial charge in [-0.15, -0.1) is 0 Å². The third-order valence-electron chi connectivity index (χ3n) is 2.82. The first kappa shape index (κ1) is 18.7. The molecule has 0 bridgehead atoms. The number of nitrogens with one attached hydrogen (secondary N) is 1. The summed E-state index contributed by atoms with van der Waals surface area (Å²) in [5, 5.41) is 2.85. The lowest BCUT2D eigenvalue weighted by Crippen LogP contribution is -2.35. The minimum Gasteiger partial charge on any atom is -0.465 e. The van der Waals surface area contributed by atoms with Crippen LogP contribution in [-0.2, 0) is 25.7 Å². The molecule has 1 atom stereocenters. The van der Waals surface area contributed by atoms with Crippen molar-refractivity contribution < 1.29 is 23.9 Å². The Morgan fingerprint density at radius 2 is 1.83 bits per heavy atom. The lowest BCUT2D eigenvalue weighted by molar-refractivity contribution is -0.149. The number of carbonyl (C=O) groups excluding carboxylic acids is 3. The van der Waals surface area contributed by atoms with Crippen molar-refractivity contribution in [1.29, 1.82) is 0 Å². The fourth-order valence-electron chi connectivity index (χ4n) is 1.75. The predicted octanol–water partition coefficient (Wildman–Crippen LogP) is 2.85. The number of Topliss-reactive ketones (excluding diaryl/α,β-unsaturated/α-hetero) is 1. The molecule has 1 aromatic rings. The number of hydrogen-bond donors (Lipinski definition) is 1. The number of esters is 1. The van der Waals surface area contributed by atoms with Gasteiger partial charge >= 0.3 is 12.1 Å². The monoisotopic (exact) mass is 339 g/mol. The van der Waals surface area contributed by atoms with Crippen LogP contribution in [0.3, 0.4) is 0 Å². The quantitative estimate of drug-likeness (QED) is 0.610. The zero-order valence-electron chi connectivity index (χ0n) is 12.9. The van der Waals surface area contributed by atoms with E-state index < -0.39 is 23.8 Å². The molecule has 1 unspecified atom stereocenters. The molecule has 1 amide bonds. The van der Waals surface area contributed by atoms with Crippen molar-refractivity contribution in [2.24, 2.45) is 5.92 Å². The first-order valence-corrected chi connectivity index (χ1v) is 7.27. The van der Waals surface area contributed by atoms with Crippen molar-refractivity contribution in [1.82, 2.24) is 5.32 Å². The second-order valence-corrected chi connectivity index (χ2v) is 5.08. The molecule has 0 saturated heterocycles. The molecule has 124 valence electrons. The lowest BCUT2D eigenvalue weighted by Gasteiger charge is -2.16. The molecule has 0 spiro atoms. The molecule has 0 aliphatic rings. The van der Waals surface area contributed by atoms with Gasteiger partial charge in [-0.3, -0.25) is 14.9 Å². The van der Waals surface area contributed by atoms with Gasteiger partial charge in [0, 0.05) is 10.7 Å². The van der Waals surface area contributed by atoms with E-state index in [1.807, 2.05) is 0 Å². The summed E-state index contributed by atoms with van der Waals surface area (Å²) in [6.45, 7) is 6.50. The van der Waals surface area contributed by atoms with E-state index in [9.17, 15) is 14.4 Å². The molecule has 1 N–H and O–H groups in total. The van der Waals surface area contributed by atoms with E-state index in [2.05, 4.69) is 11.9 Å². The number of ketones is 1. The van der Waals surface area contributed by atoms with Gasteiger partial charge in [0.25, 0.3) is 0 Å². The Balaban J connectivity index is 2.57. The maximum atomic E-state index is 11.7. The molecule has 1 aromatic carbocycles. The van der Waals surface area contributed by atoms with Crippen molar-refractivity contribution in [3.8, 4) is 0 Å². The molecule has 1 rings (SSSR count). The maximum absolute atomic E-state index is 11.7. The van der Waals surface area contributed by atoms with E-state index in [0.29, 0.717) is 5.02 Å². The second-order valence-electron chi connectivity index (χ2n) is 4.65. The Morgan fingerprint density at radius 3 is 2.35 bits per heavy atom. The first-order valence-electron chi connectivity index (χ1n) is 6.89. The molecule has 6 nitrogen and oxygen atoms in total. The normalized spacial score (nSPS) is 11.3. The van der Waals surface area contributed by atoms with E-state index in [1.54, 1.807) is 31.2 Å². The van der Waals surface area contributed by atoms with E-state index in [0.717, 1.165) is 5.56 Å². The summed E-state index contributed by atoms with van der Waals surface area (Å²) in [5.41, 5.74) is 0.653. The number of benzene rings is 1. The highest BCUT2D eigenvalue weighted by Crippen LogP contribution is 2.12. The Hall–Kier alpha value is -2.34. The number of carbonyl (C=O) groups is 3. The molecular weight excluding hydrogens is 322 g/mol. The van der Waals surface area contributed by atoms with E-state index in [-0.39, 0.29) is 18.9 Å². The highest BCUT2D eigenvalue weighted by Gasteiger charge is 2.29. The number of rotatable bonds is 7. The van der Waals surface area contributed by atoms with Gasteiger partial charge in [-0.1, -0.05) is 30.3 Å². The minimum absolute atomic E-state index is 0.0143. The summed E-state index contributed by atoms with van der Waals surface area (Å²) in [5.74, 6) is -2.49. The molecule has 0 aliphatic heterocycles. The Kier molecular flexibility index (Phi) is 7.28. The highest BCUT2D eigenvalue weighted by molar-refractivity contribution is 6.30. The summed E-state index contributed by atoms with van der Waals surface area (Å²) >= 11 is 5.76. The number of alkyl carbamates (subject to hydrolysis) is 1. The van der Waals surface area contributed by atoms with Crippen molar-refractivity contribution in [3.05, 3.63) is 47.1 Å². The van der Waals surface area contributed by atoms with Crippen LogP contribution >= 0.6 is 11.6 Å². The molecule has 0 saturated carbocycles. The fraction of sp³-hybridized carbons (Fsp3) is 0.312. The molecular formula is C16H18ClNO5. The topological polar surface area (TPSA) is 81.7 Å². The van der Waals surface area contributed by atoms with Crippen LogP contribution < -0.4 is 5.32 Å². The Morgan fingerprint density at radius 1 is 1.22 bits per heavy atom. The predicted molar refractivity (Wildman–Crippen MR) is 84.7 cm³/mol. The van der Waals surface area contributed by atoms with Crippen molar-refractivity contribution in [3.63, 3.8) is 0 Å². The molecule has 7 heteroatoms. The fourth-order valence-corrected chi connectivity index (χ4v) is 1.87. The molecule has 0 radical (unpaired) electrons. The highest BCUT2D eigenvalue weighted by atomic mass is 35.5. The minimum atomic E-state index is -1.25. The number of amides is 1. The largest absolute Gasteiger partial charge is 0.465 e.